The molecule has 1 aliphatic heterocycles. The van der Waals surface area contributed by atoms with Gasteiger partial charge in [0, 0.05) is 30.3 Å². The molecule has 1 fully saturated rings. The average molecular weight is 351 g/mol. The number of fused-ring (bicyclic) bond motifs is 1. The molecule has 0 aliphatic carbocycles. The van der Waals surface area contributed by atoms with Crippen molar-refractivity contribution in [3.8, 4) is 0 Å². The summed E-state index contributed by atoms with van der Waals surface area (Å²) in [4.78, 5) is 7.16. The maximum atomic E-state index is 4.69. The van der Waals surface area contributed by atoms with Gasteiger partial charge in [0.25, 0.3) is 0 Å². The molecule has 1 saturated heterocycles. The van der Waals surface area contributed by atoms with Crippen LogP contribution in [0, 0.1) is 0 Å². The van der Waals surface area contributed by atoms with Crippen LogP contribution < -0.4 is 4.90 Å². The van der Waals surface area contributed by atoms with Crippen molar-refractivity contribution in [1.29, 1.82) is 0 Å². The summed E-state index contributed by atoms with van der Waals surface area (Å²) in [6, 6.07) is 2.73. The Morgan fingerprint density at radius 1 is 1.33 bits per heavy atom. The Hall–Kier alpha value is -1.10. The highest BCUT2D eigenvalue weighted by atomic mass is 79.9. The van der Waals surface area contributed by atoms with Gasteiger partial charge in [-0.25, -0.2) is 9.50 Å². The topological polar surface area (TPSA) is 33.4 Å². The number of nitrogens with zero attached hydrogens (tertiary/aromatic N) is 4. The van der Waals surface area contributed by atoms with E-state index in [-0.39, 0.29) is 0 Å². The number of alkyl halides is 1. The van der Waals surface area contributed by atoms with Gasteiger partial charge in [0.1, 0.15) is 5.52 Å². The standard InChI is InChI=1S/C16H23BrN4/c1-12(2)14-10-15-16(18-7-9-21(15)19-14)20-8-5-3-4-6-13(20)11-17/h7,9-10,12-13H,3-6,8,11H2,1-2H3. The second-order valence-electron chi connectivity index (χ2n) is 6.16. The van der Waals surface area contributed by atoms with Gasteiger partial charge < -0.3 is 4.90 Å². The van der Waals surface area contributed by atoms with Crippen molar-refractivity contribution in [3.63, 3.8) is 0 Å². The molecule has 0 radical (unpaired) electrons. The first-order chi connectivity index (χ1) is 10.2. The van der Waals surface area contributed by atoms with Gasteiger partial charge in [-0.1, -0.05) is 42.6 Å². The largest absolute Gasteiger partial charge is 0.351 e. The van der Waals surface area contributed by atoms with Crippen molar-refractivity contribution >= 4 is 27.3 Å². The van der Waals surface area contributed by atoms with E-state index in [1.807, 2.05) is 16.9 Å². The highest BCUT2D eigenvalue weighted by Crippen LogP contribution is 2.28. The van der Waals surface area contributed by atoms with E-state index in [1.165, 1.54) is 25.7 Å². The summed E-state index contributed by atoms with van der Waals surface area (Å²) in [5.74, 6) is 1.53. The smallest absolute Gasteiger partial charge is 0.154 e. The molecule has 4 nitrogen and oxygen atoms in total. The first-order valence-electron chi connectivity index (χ1n) is 7.87. The van der Waals surface area contributed by atoms with E-state index in [2.05, 4.69) is 50.8 Å². The van der Waals surface area contributed by atoms with E-state index < -0.39 is 0 Å². The Morgan fingerprint density at radius 2 is 2.19 bits per heavy atom. The summed E-state index contributed by atoms with van der Waals surface area (Å²) in [5, 5.41) is 5.68. The Bertz CT molecular complexity index is 607. The summed E-state index contributed by atoms with van der Waals surface area (Å²) < 4.78 is 1.98. The van der Waals surface area contributed by atoms with Crippen LogP contribution in [0.15, 0.2) is 18.5 Å². The molecule has 114 valence electrons. The lowest BCUT2D eigenvalue weighted by molar-refractivity contribution is 0.621. The minimum atomic E-state index is 0.439. The van der Waals surface area contributed by atoms with Crippen molar-refractivity contribution in [3.05, 3.63) is 24.2 Å². The fourth-order valence-electron chi connectivity index (χ4n) is 3.05. The minimum absolute atomic E-state index is 0.439. The molecular weight excluding hydrogens is 328 g/mol. The van der Waals surface area contributed by atoms with Crippen LogP contribution in [0.1, 0.15) is 51.1 Å². The predicted molar refractivity (Wildman–Crippen MR) is 90.5 cm³/mol. The summed E-state index contributed by atoms with van der Waals surface area (Å²) >= 11 is 3.68. The van der Waals surface area contributed by atoms with E-state index in [0.29, 0.717) is 12.0 Å². The Kier molecular flexibility index (Phi) is 4.48. The van der Waals surface area contributed by atoms with Crippen molar-refractivity contribution in [2.75, 3.05) is 16.8 Å². The van der Waals surface area contributed by atoms with E-state index in [1.54, 1.807) is 0 Å². The van der Waals surface area contributed by atoms with Gasteiger partial charge in [-0.05, 0) is 24.8 Å². The minimum Gasteiger partial charge on any atom is -0.351 e. The van der Waals surface area contributed by atoms with Gasteiger partial charge in [0.05, 0.1) is 5.69 Å². The van der Waals surface area contributed by atoms with Crippen LogP contribution >= 0.6 is 15.9 Å². The Balaban J connectivity index is 2.05. The second-order valence-corrected chi connectivity index (χ2v) is 6.80. The second kappa shape index (κ2) is 6.34. The third kappa shape index (κ3) is 2.93. The van der Waals surface area contributed by atoms with E-state index in [9.17, 15) is 0 Å². The molecule has 2 aromatic rings. The van der Waals surface area contributed by atoms with E-state index >= 15 is 0 Å². The lowest BCUT2D eigenvalue weighted by Gasteiger charge is -2.30. The van der Waals surface area contributed by atoms with Gasteiger partial charge in [0.2, 0.25) is 0 Å². The third-order valence-electron chi connectivity index (χ3n) is 4.31. The molecule has 1 aliphatic rings. The molecule has 0 amide bonds. The normalized spacial score (nSPS) is 20.2. The molecule has 21 heavy (non-hydrogen) atoms. The quantitative estimate of drug-likeness (QED) is 0.784. The first kappa shape index (κ1) is 14.8. The molecule has 5 heteroatoms. The van der Waals surface area contributed by atoms with E-state index in [4.69, 9.17) is 0 Å². The van der Waals surface area contributed by atoms with Gasteiger partial charge >= 0.3 is 0 Å². The van der Waals surface area contributed by atoms with E-state index in [0.717, 1.165) is 28.9 Å². The Morgan fingerprint density at radius 3 is 2.95 bits per heavy atom. The summed E-state index contributed by atoms with van der Waals surface area (Å²) in [6.45, 7) is 5.45. The molecule has 3 rings (SSSR count). The molecule has 0 N–H and O–H groups in total. The number of hydrogen-bond donors (Lipinski definition) is 0. The van der Waals surface area contributed by atoms with Crippen LogP contribution in [0.4, 0.5) is 5.82 Å². The number of halogens is 1. The van der Waals surface area contributed by atoms with Crippen molar-refractivity contribution in [2.45, 2.75) is 51.5 Å². The summed E-state index contributed by atoms with van der Waals surface area (Å²) in [7, 11) is 0. The van der Waals surface area contributed by atoms with Crippen LogP contribution in [0.25, 0.3) is 5.52 Å². The molecule has 0 aromatic carbocycles. The molecule has 2 aromatic heterocycles. The van der Waals surface area contributed by atoms with Gasteiger partial charge in [-0.15, -0.1) is 0 Å². The SMILES string of the molecule is CC(C)c1cc2c(N3CCCCCC3CBr)nccn2n1. The van der Waals surface area contributed by atoms with Crippen LogP contribution in [-0.4, -0.2) is 32.5 Å². The Labute approximate surface area is 134 Å². The van der Waals surface area contributed by atoms with Crippen molar-refractivity contribution in [2.24, 2.45) is 0 Å². The van der Waals surface area contributed by atoms with Crippen LogP contribution in [0.2, 0.25) is 0 Å². The molecule has 1 atom stereocenters. The third-order valence-corrected chi connectivity index (χ3v) is 5.05. The predicted octanol–water partition coefficient (Wildman–Crippen LogP) is 4.00. The zero-order valence-electron chi connectivity index (χ0n) is 12.8. The maximum Gasteiger partial charge on any atom is 0.154 e. The monoisotopic (exact) mass is 350 g/mol. The summed E-state index contributed by atoms with van der Waals surface area (Å²) in [6.07, 6.45) is 8.93. The van der Waals surface area contributed by atoms with Gasteiger partial charge in [-0.2, -0.15) is 5.10 Å². The molecular formula is C16H23BrN4. The molecule has 1 unspecified atom stereocenters. The molecule has 0 saturated carbocycles. The zero-order valence-corrected chi connectivity index (χ0v) is 14.4. The number of anilines is 1. The van der Waals surface area contributed by atoms with Crippen LogP contribution in [0.3, 0.4) is 0 Å². The zero-order chi connectivity index (χ0) is 14.8. The van der Waals surface area contributed by atoms with Gasteiger partial charge in [0.15, 0.2) is 5.82 Å². The molecule has 0 spiro atoms. The number of rotatable bonds is 3. The first-order valence-corrected chi connectivity index (χ1v) is 8.99. The fourth-order valence-corrected chi connectivity index (χ4v) is 3.72. The van der Waals surface area contributed by atoms with Gasteiger partial charge in [-0.3, -0.25) is 0 Å². The number of aromatic nitrogens is 3. The lowest BCUT2D eigenvalue weighted by Crippen LogP contribution is -2.37. The molecule has 0 bridgehead atoms. The fraction of sp³-hybridized carbons (Fsp3) is 0.625. The van der Waals surface area contributed by atoms with Crippen LogP contribution in [-0.2, 0) is 0 Å². The van der Waals surface area contributed by atoms with Crippen molar-refractivity contribution in [1.82, 2.24) is 14.6 Å². The lowest BCUT2D eigenvalue weighted by atomic mass is 10.1. The summed E-state index contributed by atoms with van der Waals surface area (Å²) in [5.41, 5.74) is 2.27. The number of hydrogen-bond acceptors (Lipinski definition) is 3. The van der Waals surface area contributed by atoms with Crippen molar-refractivity contribution < 1.29 is 0 Å². The molecule has 3 heterocycles. The highest BCUT2D eigenvalue weighted by molar-refractivity contribution is 9.09. The van der Waals surface area contributed by atoms with Crippen LogP contribution in [0.5, 0.6) is 0 Å². The maximum absolute atomic E-state index is 4.69. The highest BCUT2D eigenvalue weighted by Gasteiger charge is 2.23. The average Bonchev–Trinajstić information content (AvgIpc) is 2.79.